The lowest BCUT2D eigenvalue weighted by Crippen LogP contribution is -2.47. The van der Waals surface area contributed by atoms with Gasteiger partial charge in [0.15, 0.2) is 0 Å². The minimum Gasteiger partial charge on any atom is -0.340 e. The van der Waals surface area contributed by atoms with Crippen molar-refractivity contribution in [2.75, 3.05) is 17.2 Å². The molecule has 3 aromatic carbocycles. The number of nitrogens with two attached hydrogens (primary N) is 1. The van der Waals surface area contributed by atoms with Crippen LogP contribution in [0.3, 0.4) is 0 Å². The Kier molecular flexibility index (Phi) is 8.92. The van der Waals surface area contributed by atoms with Gasteiger partial charge in [-0.3, -0.25) is 9.59 Å². The van der Waals surface area contributed by atoms with E-state index in [1.807, 2.05) is 35.8 Å². The van der Waals surface area contributed by atoms with Crippen LogP contribution in [0, 0.1) is 11.6 Å². The van der Waals surface area contributed by atoms with E-state index < -0.39 is 6.04 Å². The third kappa shape index (κ3) is 6.83. The highest BCUT2D eigenvalue weighted by atomic mass is 19.1. The Morgan fingerprint density at radius 2 is 1.71 bits per heavy atom. The van der Waals surface area contributed by atoms with E-state index in [9.17, 15) is 18.4 Å². The summed E-state index contributed by atoms with van der Waals surface area (Å²) in [6.07, 6.45) is 2.63. The molecule has 1 aliphatic heterocycles. The number of carbonyl (C=O) groups excluding carboxylic acids is 2. The first-order valence-electron chi connectivity index (χ1n) is 14.1. The fraction of sp³-hybridized carbons (Fsp3) is 0.281. The van der Waals surface area contributed by atoms with Crippen LogP contribution in [0.2, 0.25) is 0 Å². The van der Waals surface area contributed by atoms with Gasteiger partial charge in [-0.25, -0.2) is 13.8 Å². The van der Waals surface area contributed by atoms with Gasteiger partial charge in [-0.1, -0.05) is 37.6 Å². The molecule has 2 amide bonds. The highest BCUT2D eigenvalue weighted by Gasteiger charge is 2.29. The molecule has 0 bridgehead atoms. The highest BCUT2D eigenvalue weighted by Crippen LogP contribution is 2.33. The Morgan fingerprint density at radius 3 is 2.43 bits per heavy atom. The van der Waals surface area contributed by atoms with Crippen LogP contribution in [0.4, 0.5) is 26.0 Å². The van der Waals surface area contributed by atoms with E-state index in [0.29, 0.717) is 60.2 Å². The van der Waals surface area contributed by atoms with Crippen LogP contribution in [0.5, 0.6) is 0 Å². The number of unbranched alkanes of at least 4 members (excludes halogenated alkanes) is 1. The maximum atomic E-state index is 14.1. The lowest BCUT2D eigenvalue weighted by Gasteiger charge is -2.30. The number of hydrogen-bond acceptors (Lipinski definition) is 5. The number of fused-ring (bicyclic) bond motifs is 1. The standard InChI is InChI=1S/C32H34F2N6O2/c1-2-3-7-29(41)36-25-12-8-21(9-13-25)18-27(35)32(42)39-16-17-40-28(20-39)38-30(22-5-4-6-24(34)19-22)31(40)37-26-14-10-23(33)11-15-26/h4-6,8-15,19,27,37H,2-3,7,16-18,20,35H2,1H3,(H,36,41)/t27-/m0/s1. The number of aromatic nitrogens is 2. The largest absolute Gasteiger partial charge is 0.340 e. The SMILES string of the molecule is CCCCC(=O)Nc1ccc(C[C@H](N)C(=O)N2CCn3c(nc(-c4cccc(F)c4)c3Nc3ccc(F)cc3)C2)cc1. The Bertz CT molecular complexity index is 1550. The molecule has 0 saturated carbocycles. The molecule has 2 heterocycles. The van der Waals surface area contributed by atoms with Crippen molar-refractivity contribution in [1.82, 2.24) is 14.5 Å². The van der Waals surface area contributed by atoms with Crippen molar-refractivity contribution >= 4 is 29.0 Å². The van der Waals surface area contributed by atoms with Crippen LogP contribution in [0.15, 0.2) is 72.8 Å². The quantitative estimate of drug-likeness (QED) is 0.229. The Hall–Kier alpha value is -4.57. The van der Waals surface area contributed by atoms with E-state index in [2.05, 4.69) is 10.6 Å². The molecule has 4 N–H and O–H groups in total. The van der Waals surface area contributed by atoms with Crippen LogP contribution in [0.1, 0.15) is 37.6 Å². The van der Waals surface area contributed by atoms with Gasteiger partial charge in [0.05, 0.1) is 12.6 Å². The predicted octanol–water partition coefficient (Wildman–Crippen LogP) is 5.61. The van der Waals surface area contributed by atoms with Crippen LogP contribution >= 0.6 is 0 Å². The molecular weight excluding hydrogens is 538 g/mol. The van der Waals surface area contributed by atoms with E-state index in [1.165, 1.54) is 24.3 Å². The Balaban J connectivity index is 1.29. The molecule has 0 saturated heterocycles. The zero-order chi connectivity index (χ0) is 29.6. The summed E-state index contributed by atoms with van der Waals surface area (Å²) in [5.74, 6) is 0.324. The average Bonchev–Trinajstić information content (AvgIpc) is 3.35. The topological polar surface area (TPSA) is 105 Å². The third-order valence-electron chi connectivity index (χ3n) is 7.26. The summed E-state index contributed by atoms with van der Waals surface area (Å²) in [4.78, 5) is 31.8. The molecule has 4 aromatic rings. The number of hydrogen-bond donors (Lipinski definition) is 3. The van der Waals surface area contributed by atoms with Gasteiger partial charge in [0, 0.05) is 36.4 Å². The number of amides is 2. The van der Waals surface area contributed by atoms with Gasteiger partial charge in [0.25, 0.3) is 0 Å². The van der Waals surface area contributed by atoms with E-state index in [4.69, 9.17) is 10.7 Å². The number of halogens is 2. The number of benzene rings is 3. The molecule has 0 unspecified atom stereocenters. The second-order valence-corrected chi connectivity index (χ2v) is 10.4. The lowest BCUT2D eigenvalue weighted by molar-refractivity contribution is -0.134. The van der Waals surface area contributed by atoms with Crippen LogP contribution in [-0.2, 0) is 29.1 Å². The van der Waals surface area contributed by atoms with Crippen molar-refractivity contribution in [3.8, 4) is 11.3 Å². The maximum Gasteiger partial charge on any atom is 0.240 e. The molecule has 1 aliphatic rings. The number of nitrogens with one attached hydrogen (secondary N) is 2. The molecule has 218 valence electrons. The van der Waals surface area contributed by atoms with Gasteiger partial charge in [-0.2, -0.15) is 0 Å². The van der Waals surface area contributed by atoms with Crippen molar-refractivity contribution in [2.24, 2.45) is 5.73 Å². The van der Waals surface area contributed by atoms with Crippen molar-refractivity contribution in [3.63, 3.8) is 0 Å². The van der Waals surface area contributed by atoms with Crippen LogP contribution < -0.4 is 16.4 Å². The smallest absolute Gasteiger partial charge is 0.240 e. The van der Waals surface area contributed by atoms with Gasteiger partial charge in [-0.05, 0) is 66.9 Å². The van der Waals surface area contributed by atoms with Gasteiger partial charge in [0.2, 0.25) is 11.8 Å². The van der Waals surface area contributed by atoms with Crippen molar-refractivity contribution in [2.45, 2.75) is 51.7 Å². The molecule has 8 nitrogen and oxygen atoms in total. The van der Waals surface area contributed by atoms with Gasteiger partial charge in [0.1, 0.15) is 29.0 Å². The Morgan fingerprint density at radius 1 is 0.976 bits per heavy atom. The van der Waals surface area contributed by atoms with E-state index in [0.717, 1.165) is 18.4 Å². The van der Waals surface area contributed by atoms with Gasteiger partial charge in [-0.15, -0.1) is 0 Å². The summed E-state index contributed by atoms with van der Waals surface area (Å²) in [5.41, 5.74) is 9.73. The molecular formula is C32H34F2N6O2. The molecule has 10 heteroatoms. The summed E-state index contributed by atoms with van der Waals surface area (Å²) < 4.78 is 29.6. The number of nitrogens with zero attached hydrogens (tertiary/aromatic N) is 3. The second kappa shape index (κ2) is 12.9. The number of anilines is 3. The van der Waals surface area contributed by atoms with Crippen LogP contribution in [-0.4, -0.2) is 38.9 Å². The molecule has 0 fully saturated rings. The summed E-state index contributed by atoms with van der Waals surface area (Å²) in [5, 5.41) is 6.19. The fourth-order valence-electron chi connectivity index (χ4n) is 5.01. The Labute approximate surface area is 243 Å². The maximum absolute atomic E-state index is 14.1. The lowest BCUT2D eigenvalue weighted by atomic mass is 10.0. The second-order valence-electron chi connectivity index (χ2n) is 10.4. The minimum absolute atomic E-state index is 0.0171. The van der Waals surface area contributed by atoms with Crippen molar-refractivity contribution < 1.29 is 18.4 Å². The van der Waals surface area contributed by atoms with E-state index >= 15 is 0 Å². The highest BCUT2D eigenvalue weighted by molar-refractivity contribution is 5.90. The third-order valence-corrected chi connectivity index (χ3v) is 7.26. The van der Waals surface area contributed by atoms with E-state index in [-0.39, 0.29) is 30.0 Å². The molecule has 1 aromatic heterocycles. The fourth-order valence-corrected chi connectivity index (χ4v) is 5.01. The first kappa shape index (κ1) is 28.9. The summed E-state index contributed by atoms with van der Waals surface area (Å²) in [7, 11) is 0. The molecule has 5 rings (SSSR count). The van der Waals surface area contributed by atoms with Gasteiger partial charge >= 0.3 is 0 Å². The monoisotopic (exact) mass is 572 g/mol. The first-order valence-corrected chi connectivity index (χ1v) is 14.1. The molecule has 0 radical (unpaired) electrons. The zero-order valence-corrected chi connectivity index (χ0v) is 23.4. The molecule has 1 atom stereocenters. The predicted molar refractivity (Wildman–Crippen MR) is 159 cm³/mol. The zero-order valence-electron chi connectivity index (χ0n) is 23.4. The van der Waals surface area contributed by atoms with Crippen molar-refractivity contribution in [1.29, 1.82) is 0 Å². The van der Waals surface area contributed by atoms with Crippen LogP contribution in [0.25, 0.3) is 11.3 Å². The average molecular weight is 573 g/mol. The molecule has 42 heavy (non-hydrogen) atoms. The first-order chi connectivity index (χ1) is 20.3. The summed E-state index contributed by atoms with van der Waals surface area (Å²) in [6.45, 7) is 3.15. The normalized spacial score (nSPS) is 13.4. The number of rotatable bonds is 10. The summed E-state index contributed by atoms with van der Waals surface area (Å²) >= 11 is 0. The molecule has 0 spiro atoms. The van der Waals surface area contributed by atoms with Crippen molar-refractivity contribution in [3.05, 3.63) is 95.8 Å². The van der Waals surface area contributed by atoms with Gasteiger partial charge < -0.3 is 25.8 Å². The summed E-state index contributed by atoms with van der Waals surface area (Å²) in [6, 6.07) is 18.7. The van der Waals surface area contributed by atoms with E-state index in [1.54, 1.807) is 29.2 Å². The minimum atomic E-state index is -0.754. The number of carbonyl (C=O) groups is 2. The number of imidazole rings is 1. The molecule has 0 aliphatic carbocycles.